The molecule has 0 spiro atoms. The van der Waals surface area contributed by atoms with Gasteiger partial charge in [0.25, 0.3) is 0 Å². The van der Waals surface area contributed by atoms with E-state index in [1.54, 1.807) is 7.11 Å². The smallest absolute Gasteiger partial charge is 0.344 e. The quantitative estimate of drug-likeness (QED) is 0.371. The molecule has 0 aliphatic carbocycles. The van der Waals surface area contributed by atoms with E-state index in [0.29, 0.717) is 12.2 Å². The van der Waals surface area contributed by atoms with Gasteiger partial charge in [0, 0.05) is 0 Å². The number of carbonyl (C=O) groups is 1. The first kappa shape index (κ1) is 22.4. The highest BCUT2D eigenvalue weighted by molar-refractivity contribution is 5.72. The van der Waals surface area contributed by atoms with Crippen molar-refractivity contribution < 1.29 is 19.4 Å². The molecule has 3 aromatic carbocycles. The number of aryl methyl sites for hydroxylation is 1. The number of hydrogen-bond acceptors (Lipinski definition) is 3. The van der Waals surface area contributed by atoms with E-state index in [1.165, 1.54) is 16.7 Å². The predicted octanol–water partition coefficient (Wildman–Crippen LogP) is 5.92. The van der Waals surface area contributed by atoms with Crippen LogP contribution in [-0.4, -0.2) is 24.3 Å². The maximum Gasteiger partial charge on any atom is 0.344 e. The van der Waals surface area contributed by atoms with E-state index < -0.39 is 12.1 Å². The molecule has 0 aromatic heterocycles. The van der Waals surface area contributed by atoms with Gasteiger partial charge in [-0.1, -0.05) is 67.1 Å². The number of aliphatic carboxylic acids is 1. The molecular weight excluding hydrogens is 388 g/mol. The van der Waals surface area contributed by atoms with Crippen LogP contribution in [0.25, 0.3) is 0 Å². The lowest BCUT2D eigenvalue weighted by Gasteiger charge is -2.15. The van der Waals surface area contributed by atoms with Crippen molar-refractivity contribution in [1.82, 2.24) is 0 Å². The molecule has 0 bridgehead atoms. The van der Waals surface area contributed by atoms with Gasteiger partial charge in [-0.2, -0.15) is 0 Å². The Bertz CT molecular complexity index is 935. The maximum atomic E-state index is 11.6. The minimum atomic E-state index is -0.918. The predicted molar refractivity (Wildman–Crippen MR) is 123 cm³/mol. The first-order valence-electron chi connectivity index (χ1n) is 10.8. The highest BCUT2D eigenvalue weighted by atomic mass is 16.5. The molecule has 1 atom stereocenters. The summed E-state index contributed by atoms with van der Waals surface area (Å²) in [4.78, 5) is 11.6. The molecule has 0 aliphatic rings. The number of hydrogen-bond donors (Lipinski definition) is 1. The first-order valence-corrected chi connectivity index (χ1v) is 10.8. The number of rotatable bonds is 12. The van der Waals surface area contributed by atoms with Gasteiger partial charge >= 0.3 is 5.97 Å². The highest BCUT2D eigenvalue weighted by Crippen LogP contribution is 2.21. The summed E-state index contributed by atoms with van der Waals surface area (Å²) in [7, 11) is 1.68. The molecule has 1 unspecified atom stereocenters. The number of benzene rings is 3. The van der Waals surface area contributed by atoms with Crippen LogP contribution in [0.1, 0.15) is 42.4 Å². The Morgan fingerprint density at radius 2 is 1.52 bits per heavy atom. The third-order valence-electron chi connectivity index (χ3n) is 5.33. The van der Waals surface area contributed by atoms with E-state index in [-0.39, 0.29) is 0 Å². The van der Waals surface area contributed by atoms with E-state index >= 15 is 0 Å². The Labute approximate surface area is 184 Å². The van der Waals surface area contributed by atoms with Gasteiger partial charge in [0.2, 0.25) is 0 Å². The highest BCUT2D eigenvalue weighted by Gasteiger charge is 2.19. The number of para-hydroxylation sites is 1. The minimum Gasteiger partial charge on any atom is -0.496 e. The Balaban J connectivity index is 1.44. The van der Waals surface area contributed by atoms with E-state index in [4.69, 9.17) is 9.47 Å². The molecule has 0 fully saturated rings. The topological polar surface area (TPSA) is 55.8 Å². The summed E-state index contributed by atoms with van der Waals surface area (Å²) in [6.45, 7) is 0. The van der Waals surface area contributed by atoms with Crippen LogP contribution in [0.5, 0.6) is 11.5 Å². The lowest BCUT2D eigenvalue weighted by molar-refractivity contribution is -0.145. The number of methoxy groups -OCH3 is 1. The zero-order chi connectivity index (χ0) is 21.9. The Hall–Kier alpha value is -3.27. The summed E-state index contributed by atoms with van der Waals surface area (Å²) in [5, 5.41) is 9.55. The molecule has 31 heavy (non-hydrogen) atoms. The van der Waals surface area contributed by atoms with Crippen LogP contribution < -0.4 is 9.47 Å². The largest absolute Gasteiger partial charge is 0.496 e. The van der Waals surface area contributed by atoms with Gasteiger partial charge in [-0.25, -0.2) is 4.79 Å². The fourth-order valence-corrected chi connectivity index (χ4v) is 3.65. The summed E-state index contributed by atoms with van der Waals surface area (Å²) >= 11 is 0. The van der Waals surface area contributed by atoms with Crippen LogP contribution in [0.2, 0.25) is 0 Å². The SMILES string of the molecule is COc1ccccc1CCCCCC(Oc1ccc(Cc2ccccc2)cc1)C(=O)O. The molecule has 0 amide bonds. The minimum absolute atomic E-state index is 0.493. The second-order valence-corrected chi connectivity index (χ2v) is 7.66. The third-order valence-corrected chi connectivity index (χ3v) is 5.33. The Kier molecular flexibility index (Phi) is 8.53. The van der Waals surface area contributed by atoms with Crippen molar-refractivity contribution in [3.63, 3.8) is 0 Å². The summed E-state index contributed by atoms with van der Waals surface area (Å²) < 4.78 is 11.1. The summed E-state index contributed by atoms with van der Waals surface area (Å²) in [5.74, 6) is 0.585. The number of ether oxygens (including phenoxy) is 2. The molecule has 4 heteroatoms. The van der Waals surface area contributed by atoms with E-state index in [0.717, 1.165) is 37.9 Å². The molecule has 0 saturated heterocycles. The van der Waals surface area contributed by atoms with E-state index in [9.17, 15) is 9.90 Å². The van der Waals surface area contributed by atoms with Crippen molar-refractivity contribution in [3.8, 4) is 11.5 Å². The zero-order valence-electron chi connectivity index (χ0n) is 18.0. The lowest BCUT2D eigenvalue weighted by atomic mass is 10.0. The van der Waals surface area contributed by atoms with Gasteiger partial charge in [-0.15, -0.1) is 0 Å². The monoisotopic (exact) mass is 418 g/mol. The van der Waals surface area contributed by atoms with Gasteiger partial charge in [0.05, 0.1) is 7.11 Å². The molecule has 162 valence electrons. The molecule has 4 nitrogen and oxygen atoms in total. The molecule has 3 rings (SSSR count). The second-order valence-electron chi connectivity index (χ2n) is 7.66. The third kappa shape index (κ3) is 7.18. The molecule has 0 saturated carbocycles. The van der Waals surface area contributed by atoms with Gasteiger partial charge in [0.1, 0.15) is 11.5 Å². The van der Waals surface area contributed by atoms with Crippen molar-refractivity contribution in [2.75, 3.05) is 7.11 Å². The molecule has 3 aromatic rings. The lowest BCUT2D eigenvalue weighted by Crippen LogP contribution is -2.26. The standard InChI is InChI=1S/C27H30O4/c1-30-25-14-9-8-13-23(25)12-6-3-7-15-26(27(28)29)31-24-18-16-22(17-19-24)20-21-10-4-2-5-11-21/h2,4-5,8-11,13-14,16-19,26H,3,6-7,12,15,20H2,1H3,(H,28,29). The van der Waals surface area contributed by atoms with Crippen LogP contribution >= 0.6 is 0 Å². The van der Waals surface area contributed by atoms with Crippen molar-refractivity contribution in [2.24, 2.45) is 0 Å². The molecule has 0 aliphatic heterocycles. The molecule has 0 heterocycles. The number of unbranched alkanes of at least 4 members (excludes halogenated alkanes) is 2. The van der Waals surface area contributed by atoms with E-state index in [1.807, 2.05) is 60.7 Å². The van der Waals surface area contributed by atoms with Crippen LogP contribution in [-0.2, 0) is 17.6 Å². The first-order chi connectivity index (χ1) is 15.2. The van der Waals surface area contributed by atoms with Crippen LogP contribution in [0.4, 0.5) is 0 Å². The average molecular weight is 419 g/mol. The van der Waals surface area contributed by atoms with Crippen molar-refractivity contribution in [3.05, 3.63) is 95.6 Å². The van der Waals surface area contributed by atoms with E-state index in [2.05, 4.69) is 18.2 Å². The summed E-state index contributed by atoms with van der Waals surface area (Å²) in [5.41, 5.74) is 3.60. The van der Waals surface area contributed by atoms with Gasteiger partial charge < -0.3 is 14.6 Å². The average Bonchev–Trinajstić information content (AvgIpc) is 2.80. The van der Waals surface area contributed by atoms with Crippen LogP contribution in [0, 0.1) is 0 Å². The van der Waals surface area contributed by atoms with Crippen molar-refractivity contribution >= 4 is 5.97 Å². The van der Waals surface area contributed by atoms with Crippen LogP contribution in [0.15, 0.2) is 78.9 Å². The van der Waals surface area contributed by atoms with Gasteiger partial charge in [0.15, 0.2) is 6.10 Å². The zero-order valence-corrected chi connectivity index (χ0v) is 18.0. The van der Waals surface area contributed by atoms with Gasteiger partial charge in [-0.3, -0.25) is 0 Å². The van der Waals surface area contributed by atoms with Crippen molar-refractivity contribution in [2.45, 2.75) is 44.6 Å². The Morgan fingerprint density at radius 3 is 2.23 bits per heavy atom. The summed E-state index contributed by atoms with van der Waals surface area (Å²) in [6.07, 6.45) is 4.17. The second kappa shape index (κ2) is 11.8. The number of carboxylic acid groups (broad SMARTS) is 1. The summed E-state index contributed by atoms with van der Waals surface area (Å²) in [6, 6.07) is 26.0. The number of carboxylic acids is 1. The van der Waals surface area contributed by atoms with Crippen LogP contribution in [0.3, 0.4) is 0 Å². The molecular formula is C27H30O4. The van der Waals surface area contributed by atoms with Crippen molar-refractivity contribution in [1.29, 1.82) is 0 Å². The molecule has 1 N–H and O–H groups in total. The fraction of sp³-hybridized carbons (Fsp3) is 0.296. The van der Waals surface area contributed by atoms with Gasteiger partial charge in [-0.05, 0) is 67.0 Å². The maximum absolute atomic E-state index is 11.6. The normalized spacial score (nSPS) is 11.6. The fourth-order valence-electron chi connectivity index (χ4n) is 3.65. The molecule has 0 radical (unpaired) electrons. The Morgan fingerprint density at radius 1 is 0.839 bits per heavy atom.